The summed E-state index contributed by atoms with van der Waals surface area (Å²) >= 11 is 11.3. The smallest absolute Gasteiger partial charge is 0.222 e. The van der Waals surface area contributed by atoms with E-state index in [1.165, 1.54) is 19.3 Å². The van der Waals surface area contributed by atoms with Crippen LogP contribution in [0.15, 0.2) is 0 Å². The molecule has 0 aromatic heterocycles. The van der Waals surface area contributed by atoms with Crippen molar-refractivity contribution < 1.29 is 4.79 Å². The molecule has 0 N–H and O–H groups in total. The van der Waals surface area contributed by atoms with Crippen molar-refractivity contribution >= 4 is 29.1 Å². The van der Waals surface area contributed by atoms with Gasteiger partial charge in [0.05, 0.1) is 0 Å². The van der Waals surface area contributed by atoms with Crippen molar-refractivity contribution in [2.45, 2.75) is 45.4 Å². The molecule has 0 heterocycles. The number of hydrogen-bond acceptors (Lipinski definition) is 1. The number of carbonyl (C=O) groups excluding carboxylic acids is 1. The maximum Gasteiger partial charge on any atom is 0.222 e. The molecule has 0 rings (SSSR count). The summed E-state index contributed by atoms with van der Waals surface area (Å²) in [6.45, 7) is 3.41. The number of nitrogens with zero attached hydrogens (tertiary/aromatic N) is 1. The van der Waals surface area contributed by atoms with Gasteiger partial charge in [0.15, 0.2) is 0 Å². The number of unbranched alkanes of at least 4 members (excludes halogenated alkanes) is 4. The Morgan fingerprint density at radius 1 is 1.00 bits per heavy atom. The molecule has 0 atom stereocenters. The molecule has 0 aromatic carbocycles. The Hall–Kier alpha value is 0.0500. The lowest BCUT2D eigenvalue weighted by Crippen LogP contribution is -2.34. The van der Waals surface area contributed by atoms with Crippen molar-refractivity contribution in [3.8, 4) is 0 Å². The summed E-state index contributed by atoms with van der Waals surface area (Å²) in [6, 6.07) is 0. The SMILES string of the molecule is CCCCCCCC(=O)N(CCCl)CCCl. The fourth-order valence-electron chi connectivity index (χ4n) is 1.60. The van der Waals surface area contributed by atoms with Crippen molar-refractivity contribution in [3.63, 3.8) is 0 Å². The van der Waals surface area contributed by atoms with Gasteiger partial charge in [0.25, 0.3) is 0 Å². The summed E-state index contributed by atoms with van der Waals surface area (Å²) in [5.74, 6) is 1.16. The Balaban J connectivity index is 3.65. The van der Waals surface area contributed by atoms with E-state index in [1.807, 2.05) is 0 Å². The third kappa shape index (κ3) is 8.23. The highest BCUT2D eigenvalue weighted by Crippen LogP contribution is 2.07. The number of rotatable bonds is 10. The molecule has 16 heavy (non-hydrogen) atoms. The molecule has 0 aliphatic rings. The average Bonchev–Trinajstić information content (AvgIpc) is 2.28. The number of halogens is 2. The normalized spacial score (nSPS) is 10.4. The average molecular weight is 268 g/mol. The van der Waals surface area contributed by atoms with Crippen molar-refractivity contribution in [3.05, 3.63) is 0 Å². The monoisotopic (exact) mass is 267 g/mol. The quantitative estimate of drug-likeness (QED) is 0.437. The van der Waals surface area contributed by atoms with Gasteiger partial charge in [-0.15, -0.1) is 23.2 Å². The Morgan fingerprint density at radius 2 is 1.56 bits per heavy atom. The molecule has 0 aromatic rings. The topological polar surface area (TPSA) is 20.3 Å². The van der Waals surface area contributed by atoms with Crippen LogP contribution in [0.3, 0.4) is 0 Å². The molecule has 0 unspecified atom stereocenters. The van der Waals surface area contributed by atoms with Gasteiger partial charge in [-0.2, -0.15) is 0 Å². The second-order valence-corrected chi connectivity index (χ2v) is 4.68. The first-order chi connectivity index (χ1) is 7.76. The molecule has 96 valence electrons. The van der Waals surface area contributed by atoms with Crippen LogP contribution in [0.1, 0.15) is 45.4 Å². The number of hydrogen-bond donors (Lipinski definition) is 0. The molecule has 0 saturated heterocycles. The third-order valence-corrected chi connectivity index (χ3v) is 2.89. The lowest BCUT2D eigenvalue weighted by atomic mass is 10.1. The van der Waals surface area contributed by atoms with Crippen molar-refractivity contribution in [1.29, 1.82) is 0 Å². The molecule has 0 saturated carbocycles. The molecule has 2 nitrogen and oxygen atoms in total. The van der Waals surface area contributed by atoms with Gasteiger partial charge in [-0.05, 0) is 6.42 Å². The van der Waals surface area contributed by atoms with Gasteiger partial charge in [0.1, 0.15) is 0 Å². The highest BCUT2D eigenvalue weighted by molar-refractivity contribution is 6.18. The fraction of sp³-hybridized carbons (Fsp3) is 0.917. The lowest BCUT2D eigenvalue weighted by Gasteiger charge is -2.20. The minimum Gasteiger partial charge on any atom is -0.340 e. The summed E-state index contributed by atoms with van der Waals surface area (Å²) in [6.07, 6.45) is 6.50. The Bertz CT molecular complexity index is 170. The van der Waals surface area contributed by atoms with E-state index in [4.69, 9.17) is 23.2 Å². The summed E-state index contributed by atoms with van der Waals surface area (Å²) in [5, 5.41) is 0. The van der Waals surface area contributed by atoms with Crippen LogP contribution >= 0.6 is 23.2 Å². The zero-order valence-electron chi connectivity index (χ0n) is 10.2. The van der Waals surface area contributed by atoms with E-state index in [0.29, 0.717) is 31.3 Å². The summed E-state index contributed by atoms with van der Waals surface area (Å²) in [7, 11) is 0. The minimum absolute atomic E-state index is 0.192. The molecule has 0 fully saturated rings. The van der Waals surface area contributed by atoms with Gasteiger partial charge >= 0.3 is 0 Å². The molecule has 0 bridgehead atoms. The van der Waals surface area contributed by atoms with E-state index in [9.17, 15) is 4.79 Å². The molecule has 4 heteroatoms. The van der Waals surface area contributed by atoms with E-state index in [1.54, 1.807) is 4.90 Å². The van der Waals surface area contributed by atoms with Gasteiger partial charge in [-0.1, -0.05) is 32.6 Å². The van der Waals surface area contributed by atoms with Crippen LogP contribution < -0.4 is 0 Å². The molecule has 0 spiro atoms. The van der Waals surface area contributed by atoms with Crippen molar-refractivity contribution in [2.75, 3.05) is 24.8 Å². The Kier molecular flexibility index (Phi) is 11.6. The molecule has 0 aliphatic heterocycles. The highest BCUT2D eigenvalue weighted by Gasteiger charge is 2.11. The van der Waals surface area contributed by atoms with E-state index < -0.39 is 0 Å². The highest BCUT2D eigenvalue weighted by atomic mass is 35.5. The van der Waals surface area contributed by atoms with Crippen LogP contribution in [0.25, 0.3) is 0 Å². The van der Waals surface area contributed by atoms with E-state index in [0.717, 1.165) is 12.8 Å². The van der Waals surface area contributed by atoms with Crippen molar-refractivity contribution in [1.82, 2.24) is 4.90 Å². The predicted octanol–water partition coefficient (Wildman–Crippen LogP) is 3.65. The minimum atomic E-state index is 0.192. The Morgan fingerprint density at radius 3 is 2.06 bits per heavy atom. The van der Waals surface area contributed by atoms with Gasteiger partial charge < -0.3 is 4.90 Å². The van der Waals surface area contributed by atoms with Gasteiger partial charge in [0, 0.05) is 31.3 Å². The van der Waals surface area contributed by atoms with E-state index in [2.05, 4.69) is 6.92 Å². The van der Waals surface area contributed by atoms with Gasteiger partial charge in [-0.3, -0.25) is 4.79 Å². The molecule has 0 aliphatic carbocycles. The van der Waals surface area contributed by atoms with E-state index >= 15 is 0 Å². The standard InChI is InChI=1S/C12H23Cl2NO/c1-2-3-4-5-6-7-12(16)15(10-8-13)11-9-14/h2-11H2,1H3. The van der Waals surface area contributed by atoms with Crippen LogP contribution in [0, 0.1) is 0 Å². The van der Waals surface area contributed by atoms with Crippen LogP contribution in [0.2, 0.25) is 0 Å². The summed E-state index contributed by atoms with van der Waals surface area (Å²) in [5.41, 5.74) is 0. The lowest BCUT2D eigenvalue weighted by molar-refractivity contribution is -0.130. The first-order valence-electron chi connectivity index (χ1n) is 6.16. The van der Waals surface area contributed by atoms with Crippen molar-refractivity contribution in [2.24, 2.45) is 0 Å². The van der Waals surface area contributed by atoms with Crippen LogP contribution in [0.5, 0.6) is 0 Å². The second-order valence-electron chi connectivity index (χ2n) is 3.92. The fourth-order valence-corrected chi connectivity index (χ4v) is 2.01. The number of carbonyl (C=O) groups is 1. The third-order valence-electron chi connectivity index (χ3n) is 2.56. The number of amides is 1. The van der Waals surface area contributed by atoms with Crippen LogP contribution in [-0.2, 0) is 4.79 Å². The largest absolute Gasteiger partial charge is 0.340 e. The van der Waals surface area contributed by atoms with Gasteiger partial charge in [-0.25, -0.2) is 0 Å². The molecular weight excluding hydrogens is 245 g/mol. The maximum atomic E-state index is 11.8. The molecular formula is C12H23Cl2NO. The first-order valence-corrected chi connectivity index (χ1v) is 7.22. The molecule has 0 radical (unpaired) electrons. The van der Waals surface area contributed by atoms with Crippen LogP contribution in [0.4, 0.5) is 0 Å². The zero-order valence-corrected chi connectivity index (χ0v) is 11.7. The zero-order chi connectivity index (χ0) is 12.2. The Labute approximate surface area is 109 Å². The van der Waals surface area contributed by atoms with Crippen LogP contribution in [-0.4, -0.2) is 35.7 Å². The first kappa shape index (κ1) is 16.1. The number of alkyl halides is 2. The summed E-state index contributed by atoms with van der Waals surface area (Å²) < 4.78 is 0. The molecule has 1 amide bonds. The summed E-state index contributed by atoms with van der Waals surface area (Å²) in [4.78, 5) is 13.5. The second kappa shape index (κ2) is 11.5. The predicted molar refractivity (Wildman–Crippen MR) is 71.4 cm³/mol. The van der Waals surface area contributed by atoms with E-state index in [-0.39, 0.29) is 5.91 Å². The van der Waals surface area contributed by atoms with Gasteiger partial charge in [0.2, 0.25) is 5.91 Å². The maximum absolute atomic E-state index is 11.8.